The van der Waals surface area contributed by atoms with Gasteiger partial charge in [0.1, 0.15) is 11.8 Å². The Bertz CT molecular complexity index is 1450. The van der Waals surface area contributed by atoms with Gasteiger partial charge in [-0.05, 0) is 79.7 Å². The Morgan fingerprint density at radius 1 is 1.08 bits per heavy atom. The Labute approximate surface area is 226 Å². The topological polar surface area (TPSA) is 132 Å². The van der Waals surface area contributed by atoms with Crippen LogP contribution >= 0.6 is 0 Å². The number of hydrogen-bond acceptors (Lipinski definition) is 7. The zero-order valence-electron chi connectivity index (χ0n) is 21.8. The van der Waals surface area contributed by atoms with Crippen molar-refractivity contribution in [3.05, 3.63) is 71.0 Å². The number of imide groups is 1. The molecule has 10 nitrogen and oxygen atoms in total. The van der Waals surface area contributed by atoms with Gasteiger partial charge in [-0.1, -0.05) is 6.07 Å². The summed E-state index contributed by atoms with van der Waals surface area (Å²) in [6.07, 6.45) is 5.04. The molecule has 1 aromatic heterocycles. The number of phenolic OH excluding ortho intramolecular Hbond substituents is 1. The Balaban J connectivity index is 0.000000158. The van der Waals surface area contributed by atoms with E-state index in [0.29, 0.717) is 23.1 Å². The summed E-state index contributed by atoms with van der Waals surface area (Å²) in [6.45, 7) is 3.56. The Morgan fingerprint density at radius 2 is 1.87 bits per heavy atom. The molecule has 0 aliphatic carbocycles. The van der Waals surface area contributed by atoms with Gasteiger partial charge in [-0.2, -0.15) is 0 Å². The number of phenols is 1. The predicted molar refractivity (Wildman–Crippen MR) is 144 cm³/mol. The summed E-state index contributed by atoms with van der Waals surface area (Å²) in [7, 11) is 1.64. The molecule has 6 rings (SSSR count). The number of carbonyl (C=O) groups excluding carboxylic acids is 4. The molecule has 0 spiro atoms. The number of likely N-dealkylation sites (tertiary alicyclic amines) is 1. The summed E-state index contributed by atoms with van der Waals surface area (Å²) in [4.78, 5) is 55.1. The molecule has 4 amide bonds. The highest BCUT2D eigenvalue weighted by molar-refractivity contribution is 6.05. The van der Waals surface area contributed by atoms with Gasteiger partial charge in [-0.15, -0.1) is 0 Å². The molecular weight excluding hydrogens is 498 g/mol. The summed E-state index contributed by atoms with van der Waals surface area (Å²) in [6, 6.07) is 11.8. The summed E-state index contributed by atoms with van der Waals surface area (Å²) in [5, 5.41) is 16.4. The first kappa shape index (κ1) is 26.3. The van der Waals surface area contributed by atoms with Crippen LogP contribution in [0.1, 0.15) is 57.7 Å². The maximum Gasteiger partial charge on any atom is 0.255 e. The highest BCUT2D eigenvalue weighted by Gasteiger charge is 2.39. The van der Waals surface area contributed by atoms with Gasteiger partial charge in [0.05, 0.1) is 5.69 Å². The van der Waals surface area contributed by atoms with Gasteiger partial charge in [0.25, 0.3) is 11.8 Å². The number of nitrogens with zero attached hydrogens (tertiary/aromatic N) is 3. The van der Waals surface area contributed by atoms with Gasteiger partial charge < -0.3 is 15.3 Å². The van der Waals surface area contributed by atoms with Crippen LogP contribution in [-0.2, 0) is 22.7 Å². The first-order valence-corrected chi connectivity index (χ1v) is 13.1. The van der Waals surface area contributed by atoms with E-state index >= 15 is 0 Å². The van der Waals surface area contributed by atoms with Gasteiger partial charge in [-0.25, -0.2) is 0 Å². The number of amides is 4. The van der Waals surface area contributed by atoms with Gasteiger partial charge in [0.2, 0.25) is 11.8 Å². The fraction of sp³-hybridized carbons (Fsp3) is 0.345. The largest absolute Gasteiger partial charge is 0.508 e. The number of hydrogen-bond donors (Lipinski definition) is 3. The first-order valence-electron chi connectivity index (χ1n) is 13.1. The van der Waals surface area contributed by atoms with E-state index in [4.69, 9.17) is 0 Å². The normalized spacial score (nSPS) is 18.9. The third kappa shape index (κ3) is 5.75. The van der Waals surface area contributed by atoms with E-state index in [2.05, 4.69) is 26.6 Å². The van der Waals surface area contributed by atoms with Crippen LogP contribution in [0.4, 0.5) is 0 Å². The smallest absolute Gasteiger partial charge is 0.255 e. The number of piperidine rings is 1. The van der Waals surface area contributed by atoms with Crippen molar-refractivity contribution >= 4 is 34.4 Å². The molecule has 2 saturated heterocycles. The Morgan fingerprint density at radius 3 is 2.62 bits per heavy atom. The van der Waals surface area contributed by atoms with Crippen LogP contribution in [0.3, 0.4) is 0 Å². The number of rotatable bonds is 4. The van der Waals surface area contributed by atoms with Crippen LogP contribution < -0.4 is 10.6 Å². The van der Waals surface area contributed by atoms with Crippen molar-refractivity contribution in [1.29, 1.82) is 0 Å². The molecule has 0 radical (unpaired) electrons. The number of aromatic nitrogens is 1. The molecular formula is C29H31N5O5. The van der Waals surface area contributed by atoms with Crippen LogP contribution in [0.2, 0.25) is 0 Å². The highest BCUT2D eigenvalue weighted by atomic mass is 16.3. The minimum absolute atomic E-state index is 0.0620. The second-order valence-corrected chi connectivity index (χ2v) is 10.0. The minimum atomic E-state index is -0.611. The van der Waals surface area contributed by atoms with Crippen molar-refractivity contribution < 1.29 is 24.3 Å². The van der Waals surface area contributed by atoms with Crippen LogP contribution in [0.25, 0.3) is 10.8 Å². The molecule has 10 heteroatoms. The molecule has 3 aliphatic rings. The van der Waals surface area contributed by atoms with E-state index in [0.717, 1.165) is 23.0 Å². The minimum Gasteiger partial charge on any atom is -0.508 e. The average molecular weight is 530 g/mol. The molecule has 4 heterocycles. The monoisotopic (exact) mass is 529 g/mol. The summed E-state index contributed by atoms with van der Waals surface area (Å²) < 4.78 is 0. The summed E-state index contributed by atoms with van der Waals surface area (Å²) in [5.41, 5.74) is 2.98. The highest BCUT2D eigenvalue weighted by Crippen LogP contribution is 2.29. The van der Waals surface area contributed by atoms with E-state index in [1.807, 2.05) is 24.4 Å². The van der Waals surface area contributed by atoms with E-state index < -0.39 is 11.9 Å². The molecule has 3 aliphatic heterocycles. The van der Waals surface area contributed by atoms with E-state index in [-0.39, 0.29) is 36.4 Å². The fourth-order valence-electron chi connectivity index (χ4n) is 5.29. The van der Waals surface area contributed by atoms with E-state index in [1.54, 1.807) is 13.1 Å². The number of aromatic hydroxyl groups is 1. The van der Waals surface area contributed by atoms with Crippen LogP contribution in [-0.4, -0.2) is 69.7 Å². The standard InChI is InChI=1S/C16H19N3O.C13H12N2O4/c1-17-16(20)13-5-4-12-9-15(18-10-14(12)8-13)11-19-6-2-3-7-19;16-8-1-2-9-7(5-8)6-15(13(9)19)10-3-4-11(17)14-12(10)18/h4-5,8-10H,2-3,6-7,11H2,1H3,(H,17,20);1-2,5,10,16H,3-4,6H2,(H,14,17,18). The lowest BCUT2D eigenvalue weighted by Crippen LogP contribution is -2.52. The second kappa shape index (κ2) is 11.2. The molecule has 1 atom stereocenters. The van der Waals surface area contributed by atoms with Crippen molar-refractivity contribution in [2.75, 3.05) is 20.1 Å². The van der Waals surface area contributed by atoms with Crippen molar-refractivity contribution in [2.45, 2.75) is 44.8 Å². The molecule has 0 bridgehead atoms. The van der Waals surface area contributed by atoms with Crippen molar-refractivity contribution in [2.24, 2.45) is 0 Å². The molecule has 2 aromatic carbocycles. The number of carbonyl (C=O) groups is 4. The average Bonchev–Trinajstić information content (AvgIpc) is 3.55. The van der Waals surface area contributed by atoms with Crippen LogP contribution in [0.15, 0.2) is 48.7 Å². The van der Waals surface area contributed by atoms with Gasteiger partial charge in [-0.3, -0.25) is 34.4 Å². The quantitative estimate of drug-likeness (QED) is 0.442. The van der Waals surface area contributed by atoms with E-state index in [1.165, 1.54) is 43.0 Å². The SMILES string of the molecule is CNC(=O)c1ccc2cc(CN3CCCC3)ncc2c1.O=C1CCC(N2Cc3cc(O)ccc3C2=O)C(=O)N1. The zero-order chi connectivity index (χ0) is 27.5. The zero-order valence-corrected chi connectivity index (χ0v) is 21.8. The van der Waals surface area contributed by atoms with Crippen LogP contribution in [0.5, 0.6) is 5.75 Å². The van der Waals surface area contributed by atoms with Crippen LogP contribution in [0, 0.1) is 0 Å². The molecule has 3 aromatic rings. The van der Waals surface area contributed by atoms with Crippen molar-refractivity contribution in [1.82, 2.24) is 25.4 Å². The number of nitrogens with one attached hydrogen (secondary N) is 2. The fourth-order valence-corrected chi connectivity index (χ4v) is 5.29. The number of fused-ring (bicyclic) bond motifs is 2. The second-order valence-electron chi connectivity index (χ2n) is 10.0. The third-order valence-electron chi connectivity index (χ3n) is 7.36. The number of benzene rings is 2. The summed E-state index contributed by atoms with van der Waals surface area (Å²) >= 11 is 0. The lowest BCUT2D eigenvalue weighted by atomic mass is 10.0. The predicted octanol–water partition coefficient (Wildman–Crippen LogP) is 2.34. The van der Waals surface area contributed by atoms with Gasteiger partial charge >= 0.3 is 0 Å². The first-order chi connectivity index (χ1) is 18.8. The van der Waals surface area contributed by atoms with Crippen molar-refractivity contribution in [3.63, 3.8) is 0 Å². The number of pyridine rings is 1. The molecule has 0 saturated carbocycles. The van der Waals surface area contributed by atoms with Gasteiger partial charge in [0, 0.05) is 49.3 Å². The third-order valence-corrected chi connectivity index (χ3v) is 7.36. The molecule has 39 heavy (non-hydrogen) atoms. The molecule has 2 fully saturated rings. The Kier molecular flexibility index (Phi) is 7.56. The Hall–Kier alpha value is -4.31. The summed E-state index contributed by atoms with van der Waals surface area (Å²) in [5.74, 6) is -0.932. The maximum atomic E-state index is 12.2. The lowest BCUT2D eigenvalue weighted by molar-refractivity contribution is -0.136. The molecule has 202 valence electrons. The molecule has 1 unspecified atom stereocenters. The van der Waals surface area contributed by atoms with E-state index in [9.17, 15) is 24.3 Å². The van der Waals surface area contributed by atoms with Gasteiger partial charge in [0.15, 0.2) is 0 Å². The maximum absolute atomic E-state index is 12.2. The molecule has 3 N–H and O–H groups in total. The lowest BCUT2D eigenvalue weighted by Gasteiger charge is -2.29. The van der Waals surface area contributed by atoms with Crippen molar-refractivity contribution in [3.8, 4) is 5.75 Å².